The molecule has 36 heavy (non-hydrogen) atoms. The van der Waals surface area contributed by atoms with Gasteiger partial charge in [-0.1, -0.05) is 36.0 Å². The average Bonchev–Trinajstić information content (AvgIpc) is 3.36. The summed E-state index contributed by atoms with van der Waals surface area (Å²) < 4.78 is 21.0. The van der Waals surface area contributed by atoms with Crippen LogP contribution in [0.25, 0.3) is 27.8 Å². The van der Waals surface area contributed by atoms with Gasteiger partial charge in [-0.3, -0.25) is 14.2 Å². The quantitative estimate of drug-likeness (QED) is 0.230. The molecular formula is C26H19FN4O3S2. The first-order valence-electron chi connectivity index (χ1n) is 10.8. The highest BCUT2D eigenvalue weighted by Crippen LogP contribution is 2.27. The monoisotopic (exact) mass is 518 g/mol. The highest BCUT2D eigenvalue weighted by molar-refractivity contribution is 7.99. The van der Waals surface area contributed by atoms with Crippen molar-refractivity contribution < 1.29 is 13.9 Å². The van der Waals surface area contributed by atoms with Crippen LogP contribution in [-0.4, -0.2) is 33.3 Å². The van der Waals surface area contributed by atoms with Crippen LogP contribution >= 0.6 is 23.1 Å². The van der Waals surface area contributed by atoms with Crippen molar-refractivity contribution in [3.05, 3.63) is 94.3 Å². The summed E-state index contributed by atoms with van der Waals surface area (Å²) in [5.74, 6) is -0.179. The number of carbonyl (C=O) groups is 1. The fourth-order valence-corrected chi connectivity index (χ4v) is 5.11. The maximum atomic E-state index is 14.6. The number of para-hydroxylation sites is 2. The third-order valence-corrected chi connectivity index (χ3v) is 7.00. The lowest BCUT2D eigenvalue weighted by Crippen LogP contribution is -2.23. The number of methoxy groups -OCH3 is 1. The van der Waals surface area contributed by atoms with Crippen molar-refractivity contribution in [2.75, 3.05) is 18.2 Å². The van der Waals surface area contributed by atoms with Gasteiger partial charge >= 0.3 is 0 Å². The molecule has 0 bridgehead atoms. The SMILES string of the molecule is COc1ccc(-c2csc(NC(=O)CSc3nc4ccccc4c(=O)n3-c3ccccc3F)n2)cc1. The zero-order valence-corrected chi connectivity index (χ0v) is 20.6. The molecule has 1 N–H and O–H groups in total. The Bertz CT molecular complexity index is 1620. The average molecular weight is 519 g/mol. The highest BCUT2D eigenvalue weighted by atomic mass is 32.2. The van der Waals surface area contributed by atoms with Gasteiger partial charge in [0.2, 0.25) is 5.91 Å². The fourth-order valence-electron chi connectivity index (χ4n) is 3.57. The fraction of sp³-hybridized carbons (Fsp3) is 0.0769. The predicted octanol–water partition coefficient (Wildman–Crippen LogP) is 5.39. The van der Waals surface area contributed by atoms with E-state index in [4.69, 9.17) is 4.74 Å². The zero-order valence-electron chi connectivity index (χ0n) is 19.0. The molecule has 1 amide bonds. The second-order valence-electron chi connectivity index (χ2n) is 7.61. The molecule has 3 aromatic carbocycles. The molecule has 0 aliphatic heterocycles. The molecular weight excluding hydrogens is 499 g/mol. The van der Waals surface area contributed by atoms with Crippen LogP contribution in [0.3, 0.4) is 0 Å². The van der Waals surface area contributed by atoms with E-state index < -0.39 is 11.4 Å². The standard InChI is InChI=1S/C26H19FN4O3S2/c1-34-17-12-10-16(11-13-17)21-14-35-25(28-21)30-23(32)15-36-26-29-20-8-4-2-6-18(20)24(33)31(26)22-9-5-3-7-19(22)27/h2-14H,15H2,1H3,(H,28,30,32). The number of carbonyl (C=O) groups excluding carboxylic acids is 1. The maximum absolute atomic E-state index is 14.6. The largest absolute Gasteiger partial charge is 0.497 e. The van der Waals surface area contributed by atoms with E-state index in [0.717, 1.165) is 28.8 Å². The Hall–Kier alpha value is -4.02. The number of nitrogens with zero attached hydrogens (tertiary/aromatic N) is 3. The number of fused-ring (bicyclic) bond motifs is 1. The summed E-state index contributed by atoms with van der Waals surface area (Å²) in [5.41, 5.74) is 1.78. The molecule has 5 aromatic rings. The maximum Gasteiger partial charge on any atom is 0.266 e. The Kier molecular flexibility index (Phi) is 6.79. The molecule has 0 fully saturated rings. The number of anilines is 1. The normalized spacial score (nSPS) is 10.9. The van der Waals surface area contributed by atoms with Gasteiger partial charge in [0.25, 0.3) is 5.56 Å². The number of benzene rings is 3. The van der Waals surface area contributed by atoms with E-state index in [9.17, 15) is 14.0 Å². The summed E-state index contributed by atoms with van der Waals surface area (Å²) in [6.45, 7) is 0. The first kappa shape index (κ1) is 23.7. The topological polar surface area (TPSA) is 86.1 Å². The van der Waals surface area contributed by atoms with Crippen LogP contribution in [0.15, 0.2) is 88.1 Å². The van der Waals surface area contributed by atoms with E-state index in [1.165, 1.54) is 28.0 Å². The minimum atomic E-state index is -0.558. The van der Waals surface area contributed by atoms with Crippen LogP contribution in [0.4, 0.5) is 9.52 Å². The van der Waals surface area contributed by atoms with Crippen LogP contribution in [0.5, 0.6) is 5.75 Å². The van der Waals surface area contributed by atoms with Gasteiger partial charge in [0, 0.05) is 10.9 Å². The van der Waals surface area contributed by atoms with Gasteiger partial charge in [-0.15, -0.1) is 11.3 Å². The van der Waals surface area contributed by atoms with Gasteiger partial charge in [0.1, 0.15) is 11.6 Å². The number of hydrogen-bond acceptors (Lipinski definition) is 7. The van der Waals surface area contributed by atoms with Crippen molar-refractivity contribution in [2.45, 2.75) is 5.16 Å². The zero-order chi connectivity index (χ0) is 25.1. The van der Waals surface area contributed by atoms with Gasteiger partial charge in [-0.25, -0.2) is 14.4 Å². The molecule has 180 valence electrons. The van der Waals surface area contributed by atoms with Crippen molar-refractivity contribution in [3.63, 3.8) is 0 Å². The third kappa shape index (κ3) is 4.86. The molecule has 7 nitrogen and oxygen atoms in total. The van der Waals surface area contributed by atoms with Crippen LogP contribution in [0.1, 0.15) is 0 Å². The smallest absolute Gasteiger partial charge is 0.266 e. The highest BCUT2D eigenvalue weighted by Gasteiger charge is 2.17. The Morgan fingerprint density at radius 2 is 1.81 bits per heavy atom. The van der Waals surface area contributed by atoms with Crippen molar-refractivity contribution in [1.82, 2.24) is 14.5 Å². The summed E-state index contributed by atoms with van der Waals surface area (Å²) in [5, 5.41) is 5.67. The lowest BCUT2D eigenvalue weighted by Gasteiger charge is -2.13. The minimum absolute atomic E-state index is 0.0450. The van der Waals surface area contributed by atoms with Crippen molar-refractivity contribution >= 4 is 45.0 Å². The molecule has 0 spiro atoms. The predicted molar refractivity (Wildman–Crippen MR) is 141 cm³/mol. The van der Waals surface area contributed by atoms with Crippen LogP contribution < -0.4 is 15.6 Å². The number of nitrogens with one attached hydrogen (secondary N) is 1. The summed E-state index contributed by atoms with van der Waals surface area (Å²) in [4.78, 5) is 35.0. The lowest BCUT2D eigenvalue weighted by molar-refractivity contribution is -0.113. The number of halogens is 1. The van der Waals surface area contributed by atoms with Gasteiger partial charge in [0.15, 0.2) is 10.3 Å². The van der Waals surface area contributed by atoms with Crippen LogP contribution in [0.2, 0.25) is 0 Å². The van der Waals surface area contributed by atoms with Crippen molar-refractivity contribution in [3.8, 4) is 22.7 Å². The van der Waals surface area contributed by atoms with Crippen molar-refractivity contribution in [1.29, 1.82) is 0 Å². The van der Waals surface area contributed by atoms with Gasteiger partial charge < -0.3 is 10.1 Å². The van der Waals surface area contributed by atoms with Crippen LogP contribution in [-0.2, 0) is 4.79 Å². The Labute approximate surface area is 213 Å². The molecule has 2 aromatic heterocycles. The molecule has 10 heteroatoms. The summed E-state index contributed by atoms with van der Waals surface area (Å²) >= 11 is 2.36. The van der Waals surface area contributed by atoms with Gasteiger partial charge in [0.05, 0.1) is 35.1 Å². The number of thiazole rings is 1. The Balaban J connectivity index is 1.37. The summed E-state index contributed by atoms with van der Waals surface area (Å²) in [6.07, 6.45) is 0. The van der Waals surface area contributed by atoms with Crippen molar-refractivity contribution in [2.24, 2.45) is 0 Å². The Morgan fingerprint density at radius 3 is 2.58 bits per heavy atom. The molecule has 0 saturated heterocycles. The van der Waals surface area contributed by atoms with E-state index in [0.29, 0.717) is 16.0 Å². The molecule has 0 unspecified atom stereocenters. The molecule has 0 aliphatic rings. The van der Waals surface area contributed by atoms with E-state index in [1.54, 1.807) is 43.5 Å². The van der Waals surface area contributed by atoms with E-state index in [2.05, 4.69) is 15.3 Å². The minimum Gasteiger partial charge on any atom is -0.497 e. The van der Waals surface area contributed by atoms with E-state index in [1.807, 2.05) is 29.6 Å². The number of hydrogen-bond donors (Lipinski definition) is 1. The van der Waals surface area contributed by atoms with Crippen LogP contribution in [0, 0.1) is 5.82 Å². The first-order chi connectivity index (χ1) is 17.5. The molecule has 0 aliphatic carbocycles. The van der Waals surface area contributed by atoms with Gasteiger partial charge in [-0.05, 0) is 48.5 Å². The third-order valence-electron chi connectivity index (χ3n) is 5.31. The second kappa shape index (κ2) is 10.3. The van der Waals surface area contributed by atoms with Gasteiger partial charge in [-0.2, -0.15) is 0 Å². The number of rotatable bonds is 7. The first-order valence-corrected chi connectivity index (χ1v) is 12.7. The molecule has 0 saturated carbocycles. The second-order valence-corrected chi connectivity index (χ2v) is 9.41. The Morgan fingerprint density at radius 1 is 1.06 bits per heavy atom. The van der Waals surface area contributed by atoms with E-state index in [-0.39, 0.29) is 22.5 Å². The summed E-state index contributed by atoms with van der Waals surface area (Å²) in [7, 11) is 1.60. The number of amides is 1. The summed E-state index contributed by atoms with van der Waals surface area (Å²) in [6, 6.07) is 20.3. The lowest BCUT2D eigenvalue weighted by atomic mass is 10.2. The molecule has 0 radical (unpaired) electrons. The number of thioether (sulfide) groups is 1. The molecule has 2 heterocycles. The molecule has 0 atom stereocenters. The van der Waals surface area contributed by atoms with E-state index >= 15 is 0 Å². The molecule has 5 rings (SSSR count). The number of aromatic nitrogens is 3. The number of ether oxygens (including phenoxy) is 1.